The molecule has 0 unspecified atom stereocenters. The first-order valence-corrected chi connectivity index (χ1v) is 11.1. The highest BCUT2D eigenvalue weighted by molar-refractivity contribution is 9.10. The molecule has 2 aromatic heterocycles. The van der Waals surface area contributed by atoms with E-state index in [-0.39, 0.29) is 11.7 Å². The van der Waals surface area contributed by atoms with E-state index in [1.807, 2.05) is 53.2 Å². The standard InChI is InChI=1S/C21H20BrN5O2S/c1-29-11-10-27-20(17-12-23-18-5-3-2-4-16(17)18)25-26-21(27)30-13-19(28)24-15-8-6-14(22)7-9-15/h2-9,12,23H,10-11,13H2,1H3,(H,24,28). The maximum atomic E-state index is 12.4. The van der Waals surface area contributed by atoms with Crippen LogP contribution in [0, 0.1) is 0 Å². The number of amides is 1. The lowest BCUT2D eigenvalue weighted by atomic mass is 10.1. The maximum Gasteiger partial charge on any atom is 0.234 e. The molecular weight excluding hydrogens is 466 g/mol. The summed E-state index contributed by atoms with van der Waals surface area (Å²) in [6.45, 7) is 1.11. The predicted octanol–water partition coefficient (Wildman–Crippen LogP) is 4.57. The molecule has 0 atom stereocenters. The van der Waals surface area contributed by atoms with Crippen LogP contribution in [0.1, 0.15) is 0 Å². The Labute approximate surface area is 186 Å². The monoisotopic (exact) mass is 485 g/mol. The molecule has 0 saturated carbocycles. The molecule has 4 rings (SSSR count). The van der Waals surface area contributed by atoms with E-state index in [2.05, 4.69) is 42.5 Å². The zero-order valence-electron chi connectivity index (χ0n) is 16.3. The molecule has 0 saturated heterocycles. The van der Waals surface area contributed by atoms with E-state index in [4.69, 9.17) is 4.74 Å². The van der Waals surface area contributed by atoms with Gasteiger partial charge in [0.25, 0.3) is 0 Å². The van der Waals surface area contributed by atoms with Crippen LogP contribution in [0.2, 0.25) is 0 Å². The van der Waals surface area contributed by atoms with E-state index in [0.717, 1.165) is 32.5 Å². The van der Waals surface area contributed by atoms with Crippen LogP contribution in [-0.4, -0.2) is 45.1 Å². The van der Waals surface area contributed by atoms with E-state index < -0.39 is 0 Å². The van der Waals surface area contributed by atoms with Crippen LogP contribution in [0.4, 0.5) is 5.69 Å². The molecule has 2 aromatic carbocycles. The molecule has 2 N–H and O–H groups in total. The number of para-hydroxylation sites is 1. The minimum absolute atomic E-state index is 0.0998. The summed E-state index contributed by atoms with van der Waals surface area (Å²) in [7, 11) is 1.66. The van der Waals surface area contributed by atoms with Crippen molar-refractivity contribution in [2.75, 3.05) is 24.8 Å². The second-order valence-corrected chi connectivity index (χ2v) is 8.40. The van der Waals surface area contributed by atoms with Gasteiger partial charge in [0, 0.05) is 39.9 Å². The Balaban J connectivity index is 1.53. The number of aromatic nitrogens is 4. The normalized spacial score (nSPS) is 11.1. The average molecular weight is 486 g/mol. The topological polar surface area (TPSA) is 84.8 Å². The average Bonchev–Trinajstić information content (AvgIpc) is 3.36. The summed E-state index contributed by atoms with van der Waals surface area (Å²) in [4.78, 5) is 15.6. The van der Waals surface area contributed by atoms with Crippen molar-refractivity contribution in [3.05, 3.63) is 59.2 Å². The van der Waals surface area contributed by atoms with Gasteiger partial charge in [0.15, 0.2) is 11.0 Å². The van der Waals surface area contributed by atoms with Crippen LogP contribution >= 0.6 is 27.7 Å². The van der Waals surface area contributed by atoms with Crippen LogP contribution < -0.4 is 5.32 Å². The molecule has 0 aliphatic rings. The van der Waals surface area contributed by atoms with E-state index in [9.17, 15) is 4.79 Å². The number of benzene rings is 2. The Morgan fingerprint density at radius 2 is 2.00 bits per heavy atom. The first-order valence-electron chi connectivity index (χ1n) is 9.32. The van der Waals surface area contributed by atoms with Crippen LogP contribution in [-0.2, 0) is 16.1 Å². The summed E-state index contributed by atoms with van der Waals surface area (Å²) < 4.78 is 8.23. The van der Waals surface area contributed by atoms with Crippen LogP contribution in [0.15, 0.2) is 64.4 Å². The number of aromatic amines is 1. The van der Waals surface area contributed by atoms with E-state index in [1.54, 1.807) is 7.11 Å². The molecule has 154 valence electrons. The maximum absolute atomic E-state index is 12.4. The molecular formula is C21H20BrN5O2S. The molecule has 7 nitrogen and oxygen atoms in total. The molecule has 9 heteroatoms. The molecule has 0 aliphatic carbocycles. The third-order valence-electron chi connectivity index (χ3n) is 4.53. The second kappa shape index (κ2) is 9.46. The van der Waals surface area contributed by atoms with Crippen molar-refractivity contribution in [2.24, 2.45) is 0 Å². The number of methoxy groups -OCH3 is 1. The summed E-state index contributed by atoms with van der Waals surface area (Å²) in [5.41, 5.74) is 2.77. The van der Waals surface area contributed by atoms with Crippen molar-refractivity contribution in [3.63, 3.8) is 0 Å². The van der Waals surface area contributed by atoms with Crippen molar-refractivity contribution in [1.29, 1.82) is 0 Å². The summed E-state index contributed by atoms with van der Waals surface area (Å²) >= 11 is 4.74. The summed E-state index contributed by atoms with van der Waals surface area (Å²) in [6.07, 6.45) is 1.94. The van der Waals surface area contributed by atoms with Gasteiger partial charge in [-0.1, -0.05) is 45.9 Å². The number of thioether (sulfide) groups is 1. The number of H-pyrrole nitrogens is 1. The third-order valence-corrected chi connectivity index (χ3v) is 6.02. The SMILES string of the molecule is COCCn1c(SCC(=O)Nc2ccc(Br)cc2)nnc1-c1c[nH]c2ccccc12. The fraction of sp³-hybridized carbons (Fsp3) is 0.190. The number of hydrogen-bond donors (Lipinski definition) is 2. The smallest absolute Gasteiger partial charge is 0.234 e. The third kappa shape index (κ3) is 4.58. The lowest BCUT2D eigenvalue weighted by molar-refractivity contribution is -0.113. The molecule has 4 aromatic rings. The molecule has 1 amide bonds. The van der Waals surface area contributed by atoms with Gasteiger partial charge in [0.05, 0.1) is 18.9 Å². The number of anilines is 1. The quantitative estimate of drug-likeness (QED) is 0.357. The molecule has 30 heavy (non-hydrogen) atoms. The Kier molecular flexibility index (Phi) is 6.51. The first-order chi connectivity index (χ1) is 14.7. The number of rotatable bonds is 8. The molecule has 0 spiro atoms. The Hall–Kier alpha value is -2.62. The van der Waals surface area contributed by atoms with Gasteiger partial charge in [-0.25, -0.2) is 0 Å². The van der Waals surface area contributed by atoms with Crippen LogP contribution in [0.25, 0.3) is 22.3 Å². The van der Waals surface area contributed by atoms with Crippen molar-refractivity contribution >= 4 is 50.2 Å². The number of halogens is 1. The highest BCUT2D eigenvalue weighted by Crippen LogP contribution is 2.30. The lowest BCUT2D eigenvalue weighted by Gasteiger charge is -2.09. The van der Waals surface area contributed by atoms with Gasteiger partial charge in [-0.2, -0.15) is 0 Å². The zero-order valence-corrected chi connectivity index (χ0v) is 18.7. The molecule has 0 bridgehead atoms. The van der Waals surface area contributed by atoms with Gasteiger partial charge in [0.1, 0.15) is 0 Å². The van der Waals surface area contributed by atoms with Gasteiger partial charge >= 0.3 is 0 Å². The van der Waals surface area contributed by atoms with Crippen molar-refractivity contribution in [2.45, 2.75) is 11.7 Å². The lowest BCUT2D eigenvalue weighted by Crippen LogP contribution is -2.15. The zero-order chi connectivity index (χ0) is 20.9. The van der Waals surface area contributed by atoms with Gasteiger partial charge < -0.3 is 15.0 Å². The van der Waals surface area contributed by atoms with Crippen LogP contribution in [0.3, 0.4) is 0 Å². The molecule has 0 radical (unpaired) electrons. The van der Waals surface area contributed by atoms with E-state index in [1.165, 1.54) is 11.8 Å². The fourth-order valence-electron chi connectivity index (χ4n) is 3.10. The molecule has 0 aliphatic heterocycles. The Bertz CT molecular complexity index is 1160. The Morgan fingerprint density at radius 1 is 1.20 bits per heavy atom. The van der Waals surface area contributed by atoms with Crippen molar-refractivity contribution < 1.29 is 9.53 Å². The highest BCUT2D eigenvalue weighted by Gasteiger charge is 2.18. The van der Waals surface area contributed by atoms with E-state index in [0.29, 0.717) is 18.3 Å². The minimum Gasteiger partial charge on any atom is -0.383 e. The number of nitrogens with zero attached hydrogens (tertiary/aromatic N) is 3. The van der Waals surface area contributed by atoms with Crippen molar-refractivity contribution in [3.8, 4) is 11.4 Å². The van der Waals surface area contributed by atoms with Gasteiger partial charge in [-0.15, -0.1) is 10.2 Å². The van der Waals surface area contributed by atoms with Gasteiger partial charge in [0.2, 0.25) is 5.91 Å². The van der Waals surface area contributed by atoms with E-state index >= 15 is 0 Å². The van der Waals surface area contributed by atoms with Crippen LogP contribution in [0.5, 0.6) is 0 Å². The number of nitrogens with one attached hydrogen (secondary N) is 2. The largest absolute Gasteiger partial charge is 0.383 e. The number of fused-ring (bicyclic) bond motifs is 1. The van der Waals surface area contributed by atoms with Gasteiger partial charge in [-0.05, 0) is 30.3 Å². The Morgan fingerprint density at radius 3 is 2.80 bits per heavy atom. The number of ether oxygens (including phenoxy) is 1. The minimum atomic E-state index is -0.0998. The molecule has 2 heterocycles. The van der Waals surface area contributed by atoms with Crippen molar-refractivity contribution in [1.82, 2.24) is 19.7 Å². The van der Waals surface area contributed by atoms with Gasteiger partial charge in [-0.3, -0.25) is 9.36 Å². The first kappa shape index (κ1) is 20.6. The fourth-order valence-corrected chi connectivity index (χ4v) is 4.12. The number of hydrogen-bond acceptors (Lipinski definition) is 5. The summed E-state index contributed by atoms with van der Waals surface area (Å²) in [5.74, 6) is 0.882. The number of carbonyl (C=O) groups excluding carboxylic acids is 1. The summed E-state index contributed by atoms with van der Waals surface area (Å²) in [6, 6.07) is 15.5. The predicted molar refractivity (Wildman–Crippen MR) is 123 cm³/mol. The summed E-state index contributed by atoms with van der Waals surface area (Å²) in [5, 5.41) is 13.4. The highest BCUT2D eigenvalue weighted by atomic mass is 79.9. The number of carbonyl (C=O) groups is 1. The second-order valence-electron chi connectivity index (χ2n) is 6.54. The molecule has 0 fully saturated rings.